The molecule has 1 aromatic heterocycles. The molecule has 0 atom stereocenters. The highest BCUT2D eigenvalue weighted by atomic mass is 35.5. The van der Waals surface area contributed by atoms with Crippen LogP contribution in [-0.2, 0) is 11.3 Å². The molecule has 0 unspecified atom stereocenters. The first-order valence-electron chi connectivity index (χ1n) is 10.8. The number of amidine groups is 1. The van der Waals surface area contributed by atoms with Crippen LogP contribution in [0.2, 0.25) is 5.02 Å². The fraction of sp³-hybridized carbons (Fsp3) is 0.240. The van der Waals surface area contributed by atoms with Crippen LogP contribution >= 0.6 is 23.4 Å². The van der Waals surface area contributed by atoms with Gasteiger partial charge in [-0.05, 0) is 72.1 Å². The van der Waals surface area contributed by atoms with Crippen LogP contribution in [0.4, 0.5) is 5.69 Å². The average molecular weight is 463 g/mol. The Morgan fingerprint density at radius 2 is 2.06 bits per heavy atom. The molecule has 2 N–H and O–H groups in total. The highest BCUT2D eigenvalue weighted by Gasteiger charge is 2.24. The van der Waals surface area contributed by atoms with E-state index < -0.39 is 0 Å². The molecule has 1 aliphatic heterocycles. The molecule has 1 saturated carbocycles. The van der Waals surface area contributed by atoms with Crippen molar-refractivity contribution < 1.29 is 4.79 Å². The maximum atomic E-state index is 12.5. The molecule has 1 amide bonds. The van der Waals surface area contributed by atoms with E-state index in [1.54, 1.807) is 6.20 Å². The van der Waals surface area contributed by atoms with Crippen molar-refractivity contribution in [3.8, 4) is 0 Å². The Labute approximate surface area is 196 Å². The Bertz CT molecular complexity index is 1230. The lowest BCUT2D eigenvalue weighted by Gasteiger charge is -2.12. The highest BCUT2D eigenvalue weighted by molar-refractivity contribution is 8.18. The van der Waals surface area contributed by atoms with E-state index >= 15 is 0 Å². The van der Waals surface area contributed by atoms with Gasteiger partial charge in [0.05, 0.1) is 21.1 Å². The van der Waals surface area contributed by atoms with E-state index in [1.165, 1.54) is 37.4 Å². The summed E-state index contributed by atoms with van der Waals surface area (Å²) >= 11 is 7.71. The molecule has 5 rings (SSSR count). The number of nitrogens with zero attached hydrogens (tertiary/aromatic N) is 2. The molecule has 0 spiro atoms. The van der Waals surface area contributed by atoms with Crippen molar-refractivity contribution in [2.45, 2.75) is 38.3 Å². The third kappa shape index (κ3) is 4.88. The summed E-state index contributed by atoms with van der Waals surface area (Å²) in [6, 6.07) is 16.3. The number of carbonyl (C=O) groups is 1. The topological polar surface area (TPSA) is 66.4 Å². The first-order chi connectivity index (χ1) is 15.6. The molecule has 3 aromatic rings. The monoisotopic (exact) mass is 462 g/mol. The van der Waals surface area contributed by atoms with E-state index in [1.807, 2.05) is 54.6 Å². The van der Waals surface area contributed by atoms with Crippen LogP contribution in [0.1, 0.15) is 36.8 Å². The molecule has 32 heavy (non-hydrogen) atoms. The Kier molecular flexibility index (Phi) is 6.26. The Balaban J connectivity index is 1.33. The first kappa shape index (κ1) is 21.2. The number of carbonyl (C=O) groups excluding carboxylic acids is 1. The Morgan fingerprint density at radius 3 is 2.94 bits per heavy atom. The molecule has 2 aliphatic rings. The van der Waals surface area contributed by atoms with E-state index in [4.69, 9.17) is 11.6 Å². The number of hydrogen-bond donors (Lipinski definition) is 2. The predicted molar refractivity (Wildman–Crippen MR) is 133 cm³/mol. The van der Waals surface area contributed by atoms with Gasteiger partial charge in [0, 0.05) is 24.2 Å². The normalized spacial score (nSPS) is 19.3. The van der Waals surface area contributed by atoms with E-state index in [0.29, 0.717) is 26.8 Å². The van der Waals surface area contributed by atoms with E-state index in [-0.39, 0.29) is 5.91 Å². The van der Waals surface area contributed by atoms with E-state index in [2.05, 4.69) is 20.6 Å². The second-order valence-electron chi connectivity index (χ2n) is 8.09. The van der Waals surface area contributed by atoms with Gasteiger partial charge in [-0.2, -0.15) is 0 Å². The van der Waals surface area contributed by atoms with Crippen LogP contribution in [0.15, 0.2) is 64.6 Å². The zero-order chi connectivity index (χ0) is 21.9. The summed E-state index contributed by atoms with van der Waals surface area (Å²) < 4.78 is 0. The largest absolute Gasteiger partial charge is 0.310 e. The lowest BCUT2D eigenvalue weighted by atomic mass is 10.1. The molecule has 0 bridgehead atoms. The number of pyridine rings is 1. The van der Waals surface area contributed by atoms with Crippen LogP contribution in [-0.4, -0.2) is 22.1 Å². The second kappa shape index (κ2) is 9.45. The summed E-state index contributed by atoms with van der Waals surface area (Å²) in [4.78, 5) is 22.1. The molecular weight excluding hydrogens is 440 g/mol. The van der Waals surface area contributed by atoms with Gasteiger partial charge in [-0.25, -0.2) is 4.99 Å². The van der Waals surface area contributed by atoms with Gasteiger partial charge in [0.1, 0.15) is 0 Å². The van der Waals surface area contributed by atoms with Gasteiger partial charge in [-0.1, -0.05) is 42.6 Å². The van der Waals surface area contributed by atoms with Crippen LogP contribution < -0.4 is 10.6 Å². The number of halogens is 1. The van der Waals surface area contributed by atoms with Gasteiger partial charge < -0.3 is 10.6 Å². The lowest BCUT2D eigenvalue weighted by Crippen LogP contribution is -2.25. The van der Waals surface area contributed by atoms with Crippen molar-refractivity contribution in [1.29, 1.82) is 0 Å². The van der Waals surface area contributed by atoms with Crippen LogP contribution in [0, 0.1) is 0 Å². The van der Waals surface area contributed by atoms with Crippen molar-refractivity contribution in [3.05, 3.63) is 75.8 Å². The number of fused-ring (bicyclic) bond motifs is 1. The quantitative estimate of drug-likeness (QED) is 0.469. The zero-order valence-corrected chi connectivity index (χ0v) is 19.0. The highest BCUT2D eigenvalue weighted by Crippen LogP contribution is 2.32. The molecule has 2 aromatic carbocycles. The fourth-order valence-electron chi connectivity index (χ4n) is 4.07. The summed E-state index contributed by atoms with van der Waals surface area (Å²) in [5.41, 5.74) is 3.67. The molecule has 2 fully saturated rings. The molecule has 7 heteroatoms. The van der Waals surface area contributed by atoms with Crippen molar-refractivity contribution in [3.63, 3.8) is 0 Å². The number of amides is 1. The van der Waals surface area contributed by atoms with E-state index in [9.17, 15) is 4.79 Å². The molecule has 1 saturated heterocycles. The molecule has 1 aliphatic carbocycles. The number of rotatable bonds is 5. The fourth-order valence-corrected chi connectivity index (χ4v) is 5.07. The van der Waals surface area contributed by atoms with Crippen molar-refractivity contribution in [2.24, 2.45) is 4.99 Å². The molecular formula is C25H23ClN4OS. The molecule has 0 radical (unpaired) electrons. The summed E-state index contributed by atoms with van der Waals surface area (Å²) in [7, 11) is 0. The molecule has 2 heterocycles. The Hall–Kier alpha value is -2.67. The Morgan fingerprint density at radius 1 is 1.19 bits per heavy atom. The summed E-state index contributed by atoms with van der Waals surface area (Å²) in [6.45, 7) is 0.793. The minimum atomic E-state index is -0.157. The van der Waals surface area contributed by atoms with Crippen molar-refractivity contribution >= 4 is 57.1 Å². The van der Waals surface area contributed by atoms with Gasteiger partial charge in [-0.3, -0.25) is 9.78 Å². The van der Waals surface area contributed by atoms with Crippen LogP contribution in [0.3, 0.4) is 0 Å². The molecule has 5 nitrogen and oxygen atoms in total. The number of aliphatic imine (C=N–C) groups is 1. The molecule has 162 valence electrons. The number of hydrogen-bond acceptors (Lipinski definition) is 5. The first-order valence-corrected chi connectivity index (χ1v) is 12.0. The van der Waals surface area contributed by atoms with Crippen LogP contribution in [0.25, 0.3) is 17.0 Å². The smallest absolute Gasteiger partial charge is 0.264 e. The lowest BCUT2D eigenvalue weighted by molar-refractivity contribution is -0.115. The van der Waals surface area contributed by atoms with Gasteiger partial charge in [-0.15, -0.1) is 0 Å². The van der Waals surface area contributed by atoms with Gasteiger partial charge >= 0.3 is 0 Å². The van der Waals surface area contributed by atoms with Crippen molar-refractivity contribution in [2.75, 3.05) is 0 Å². The summed E-state index contributed by atoms with van der Waals surface area (Å²) in [5, 5.41) is 8.60. The number of aromatic nitrogens is 1. The van der Waals surface area contributed by atoms with Crippen molar-refractivity contribution in [1.82, 2.24) is 15.6 Å². The third-order valence-electron chi connectivity index (χ3n) is 5.76. The average Bonchev–Trinajstić information content (AvgIpc) is 3.44. The maximum Gasteiger partial charge on any atom is 0.264 e. The summed E-state index contributed by atoms with van der Waals surface area (Å²) in [5.74, 6) is -0.157. The van der Waals surface area contributed by atoms with E-state index in [0.717, 1.165) is 28.6 Å². The standard InChI is InChI=1S/C25H23ClN4OS/c26-20-9-7-17(15-28-19-5-1-2-6-19)13-22(20)29-25-30-24(31)23(32-25)14-16-8-10-21-18(12-16)4-3-11-27-21/h3-4,7-14,19,28H,1-2,5-6,15H2,(H,29,30,31)/b23-14-. The summed E-state index contributed by atoms with van der Waals surface area (Å²) in [6.07, 6.45) is 8.75. The minimum absolute atomic E-state index is 0.157. The van der Waals surface area contributed by atoms with Gasteiger partial charge in [0.2, 0.25) is 0 Å². The van der Waals surface area contributed by atoms with Gasteiger partial charge in [0.15, 0.2) is 5.17 Å². The second-order valence-corrected chi connectivity index (χ2v) is 9.52. The number of nitrogens with one attached hydrogen (secondary N) is 2. The zero-order valence-electron chi connectivity index (χ0n) is 17.5. The minimum Gasteiger partial charge on any atom is -0.310 e. The van der Waals surface area contributed by atoms with Gasteiger partial charge in [0.25, 0.3) is 5.91 Å². The SMILES string of the molecule is O=C1NC(=Nc2cc(CNC3CCCC3)ccc2Cl)S/C1=C\c1ccc2ncccc2c1. The predicted octanol–water partition coefficient (Wildman–Crippen LogP) is 5.81. The number of thioether (sulfide) groups is 1. The maximum absolute atomic E-state index is 12.5. The number of benzene rings is 2. The third-order valence-corrected chi connectivity index (χ3v) is 6.99. The van der Waals surface area contributed by atoms with Crippen LogP contribution in [0.5, 0.6) is 0 Å².